The van der Waals surface area contributed by atoms with Gasteiger partial charge in [0.25, 0.3) is 0 Å². The molecule has 104 valence electrons. The highest BCUT2D eigenvalue weighted by Gasteiger charge is 2.21. The van der Waals surface area contributed by atoms with Crippen LogP contribution >= 0.6 is 11.3 Å². The lowest BCUT2D eigenvalue weighted by molar-refractivity contribution is 0.669. The normalized spacial score (nSPS) is 17.0. The zero-order chi connectivity index (χ0) is 14.1. The van der Waals surface area contributed by atoms with Gasteiger partial charge in [-0.15, -0.1) is 0 Å². The van der Waals surface area contributed by atoms with E-state index in [2.05, 4.69) is 70.7 Å². The molecular weight excluding hydrogens is 274 g/mol. The van der Waals surface area contributed by atoms with Crippen LogP contribution in [0.1, 0.15) is 23.6 Å². The van der Waals surface area contributed by atoms with Crippen molar-refractivity contribution in [2.75, 3.05) is 5.32 Å². The van der Waals surface area contributed by atoms with Gasteiger partial charge in [-0.1, -0.05) is 42.5 Å². The number of hydrogen-bond donors (Lipinski definition) is 1. The summed E-state index contributed by atoms with van der Waals surface area (Å²) in [6, 6.07) is 20.0. The summed E-state index contributed by atoms with van der Waals surface area (Å²) in [5, 5.41) is 8.10. The van der Waals surface area contributed by atoms with Crippen molar-refractivity contribution in [3.8, 4) is 11.1 Å². The molecule has 0 spiro atoms. The minimum Gasteiger partial charge on any atom is -0.378 e. The number of fused-ring (bicyclic) bond motifs is 1. The summed E-state index contributed by atoms with van der Waals surface area (Å²) in [4.78, 5) is 0. The zero-order valence-corrected chi connectivity index (χ0v) is 12.6. The Labute approximate surface area is 129 Å². The minimum absolute atomic E-state index is 0.399. The van der Waals surface area contributed by atoms with E-state index in [-0.39, 0.29) is 0 Å². The number of aryl methyl sites for hydroxylation is 1. The Balaban J connectivity index is 1.72. The van der Waals surface area contributed by atoms with Crippen LogP contribution in [0.4, 0.5) is 5.69 Å². The molecule has 0 bridgehead atoms. The molecule has 1 nitrogen and oxygen atoms in total. The van der Waals surface area contributed by atoms with E-state index in [9.17, 15) is 0 Å². The lowest BCUT2D eigenvalue weighted by atomic mass is 9.89. The van der Waals surface area contributed by atoms with Crippen LogP contribution in [0.25, 0.3) is 11.1 Å². The Morgan fingerprint density at radius 1 is 0.952 bits per heavy atom. The predicted molar refractivity (Wildman–Crippen MR) is 90.9 cm³/mol. The number of rotatable bonds is 2. The SMILES string of the molecule is c1ccc2c(c1)CCC(c1ccccc1-c1ccsc1)N2. The van der Waals surface area contributed by atoms with Gasteiger partial charge in [0.15, 0.2) is 0 Å². The molecule has 1 atom stereocenters. The highest BCUT2D eigenvalue weighted by atomic mass is 32.1. The van der Waals surface area contributed by atoms with Crippen molar-refractivity contribution in [3.63, 3.8) is 0 Å². The van der Waals surface area contributed by atoms with Gasteiger partial charge < -0.3 is 5.32 Å². The molecule has 0 saturated heterocycles. The molecule has 0 fully saturated rings. The standard InChI is InChI=1S/C19H17NS/c1-4-8-18-14(5-1)9-10-19(20-18)17-7-3-2-6-16(17)15-11-12-21-13-15/h1-8,11-13,19-20H,9-10H2. The largest absolute Gasteiger partial charge is 0.378 e. The van der Waals surface area contributed by atoms with Crippen LogP contribution in [0.5, 0.6) is 0 Å². The van der Waals surface area contributed by atoms with E-state index < -0.39 is 0 Å². The Kier molecular flexibility index (Phi) is 3.24. The molecule has 2 heteroatoms. The van der Waals surface area contributed by atoms with E-state index in [1.54, 1.807) is 11.3 Å². The molecule has 21 heavy (non-hydrogen) atoms. The van der Waals surface area contributed by atoms with Crippen molar-refractivity contribution in [2.45, 2.75) is 18.9 Å². The Morgan fingerprint density at radius 3 is 2.71 bits per heavy atom. The number of thiophene rings is 1. The second kappa shape index (κ2) is 5.38. The summed E-state index contributed by atoms with van der Waals surface area (Å²) in [6.45, 7) is 0. The number of nitrogens with one attached hydrogen (secondary N) is 1. The van der Waals surface area contributed by atoms with Gasteiger partial charge in [-0.3, -0.25) is 0 Å². The van der Waals surface area contributed by atoms with E-state index >= 15 is 0 Å². The molecule has 1 aliphatic heterocycles. The lowest BCUT2D eigenvalue weighted by Crippen LogP contribution is -2.18. The molecule has 0 saturated carbocycles. The lowest BCUT2D eigenvalue weighted by Gasteiger charge is -2.28. The van der Waals surface area contributed by atoms with Crippen LogP contribution in [-0.4, -0.2) is 0 Å². The van der Waals surface area contributed by atoms with Crippen LogP contribution in [0, 0.1) is 0 Å². The van der Waals surface area contributed by atoms with Gasteiger partial charge in [0.1, 0.15) is 0 Å². The third-order valence-electron chi connectivity index (χ3n) is 4.22. The molecule has 1 N–H and O–H groups in total. The third kappa shape index (κ3) is 2.36. The zero-order valence-electron chi connectivity index (χ0n) is 11.8. The first-order chi connectivity index (χ1) is 10.4. The van der Waals surface area contributed by atoms with Gasteiger partial charge in [0.05, 0.1) is 6.04 Å². The van der Waals surface area contributed by atoms with E-state index in [1.165, 1.54) is 27.9 Å². The van der Waals surface area contributed by atoms with Crippen molar-refractivity contribution in [1.29, 1.82) is 0 Å². The summed E-state index contributed by atoms with van der Waals surface area (Å²) in [6.07, 6.45) is 2.30. The van der Waals surface area contributed by atoms with Crippen LogP contribution < -0.4 is 5.32 Å². The maximum atomic E-state index is 3.72. The minimum atomic E-state index is 0.399. The van der Waals surface area contributed by atoms with Gasteiger partial charge in [-0.25, -0.2) is 0 Å². The second-order valence-electron chi connectivity index (χ2n) is 5.49. The van der Waals surface area contributed by atoms with Gasteiger partial charge >= 0.3 is 0 Å². The molecule has 0 aliphatic carbocycles. The topological polar surface area (TPSA) is 12.0 Å². The highest BCUT2D eigenvalue weighted by Crippen LogP contribution is 2.37. The molecule has 0 amide bonds. The van der Waals surface area contributed by atoms with Crippen molar-refractivity contribution in [1.82, 2.24) is 0 Å². The van der Waals surface area contributed by atoms with Crippen molar-refractivity contribution in [2.24, 2.45) is 0 Å². The van der Waals surface area contributed by atoms with Gasteiger partial charge in [-0.2, -0.15) is 11.3 Å². The summed E-state index contributed by atoms with van der Waals surface area (Å²) < 4.78 is 0. The van der Waals surface area contributed by atoms with Crippen molar-refractivity contribution < 1.29 is 0 Å². The molecule has 1 unspecified atom stereocenters. The first-order valence-electron chi connectivity index (χ1n) is 7.38. The van der Waals surface area contributed by atoms with Crippen LogP contribution in [0.3, 0.4) is 0 Å². The van der Waals surface area contributed by atoms with Crippen LogP contribution in [0.2, 0.25) is 0 Å². The third-order valence-corrected chi connectivity index (χ3v) is 4.90. The maximum absolute atomic E-state index is 3.72. The van der Waals surface area contributed by atoms with Gasteiger partial charge in [0.2, 0.25) is 0 Å². The Morgan fingerprint density at radius 2 is 1.81 bits per heavy atom. The van der Waals surface area contributed by atoms with Crippen molar-refractivity contribution >= 4 is 17.0 Å². The summed E-state index contributed by atoms with van der Waals surface area (Å²) in [5.74, 6) is 0. The molecule has 0 radical (unpaired) electrons. The molecule has 4 rings (SSSR count). The van der Waals surface area contributed by atoms with E-state index in [0.29, 0.717) is 6.04 Å². The number of anilines is 1. The molecular formula is C19H17NS. The quantitative estimate of drug-likeness (QED) is 0.656. The predicted octanol–water partition coefficient (Wildman–Crippen LogP) is 5.51. The van der Waals surface area contributed by atoms with Crippen LogP contribution in [0.15, 0.2) is 65.4 Å². The Bertz CT molecular complexity index is 746. The average molecular weight is 291 g/mol. The summed E-state index contributed by atoms with van der Waals surface area (Å²) >= 11 is 1.76. The van der Waals surface area contributed by atoms with Crippen molar-refractivity contribution in [3.05, 3.63) is 76.5 Å². The number of benzene rings is 2. The van der Waals surface area contributed by atoms with Gasteiger partial charge in [-0.05, 0) is 58.0 Å². The van der Waals surface area contributed by atoms with E-state index in [1.807, 2.05) is 0 Å². The second-order valence-corrected chi connectivity index (χ2v) is 6.27. The molecule has 2 heterocycles. The fourth-order valence-corrected chi connectivity index (χ4v) is 3.81. The van der Waals surface area contributed by atoms with E-state index in [4.69, 9.17) is 0 Å². The van der Waals surface area contributed by atoms with Crippen LogP contribution in [-0.2, 0) is 6.42 Å². The van der Waals surface area contributed by atoms with E-state index in [0.717, 1.165) is 12.8 Å². The first-order valence-corrected chi connectivity index (χ1v) is 8.32. The molecule has 1 aliphatic rings. The van der Waals surface area contributed by atoms with Gasteiger partial charge in [0, 0.05) is 5.69 Å². The monoisotopic (exact) mass is 291 g/mol. The smallest absolute Gasteiger partial charge is 0.0523 e. The number of para-hydroxylation sites is 1. The molecule has 2 aromatic carbocycles. The summed E-state index contributed by atoms with van der Waals surface area (Å²) in [7, 11) is 0. The number of hydrogen-bond acceptors (Lipinski definition) is 2. The highest BCUT2D eigenvalue weighted by molar-refractivity contribution is 7.08. The first kappa shape index (κ1) is 12.7. The fraction of sp³-hybridized carbons (Fsp3) is 0.158. The summed E-state index contributed by atoms with van der Waals surface area (Å²) in [5.41, 5.74) is 6.81. The molecule has 1 aromatic heterocycles. The Hall–Kier alpha value is -2.06. The maximum Gasteiger partial charge on any atom is 0.0523 e. The fourth-order valence-electron chi connectivity index (χ4n) is 3.15. The molecule has 3 aromatic rings. The average Bonchev–Trinajstić information content (AvgIpc) is 3.09.